The Balaban J connectivity index is 1.61. The molecule has 0 aromatic heterocycles. The maximum Gasteiger partial charge on any atom is 0.123 e. The van der Waals surface area contributed by atoms with Gasteiger partial charge in [0.25, 0.3) is 0 Å². The summed E-state index contributed by atoms with van der Waals surface area (Å²) in [5.41, 5.74) is 4.60. The fourth-order valence-corrected chi connectivity index (χ4v) is 3.00. The smallest absolute Gasteiger partial charge is 0.123 e. The Hall–Kier alpha value is -1.84. The molecule has 2 aromatic rings. The molecule has 22 heavy (non-hydrogen) atoms. The Labute approximate surface area is 131 Å². The zero-order valence-electron chi connectivity index (χ0n) is 13.2. The Kier molecular flexibility index (Phi) is 4.19. The summed E-state index contributed by atoms with van der Waals surface area (Å²) in [6.45, 7) is 5.90. The molecular weight excluding hydrogens is 274 g/mol. The van der Waals surface area contributed by atoms with Crippen LogP contribution in [0.4, 0.5) is 0 Å². The Bertz CT molecular complexity index is 664. The van der Waals surface area contributed by atoms with Gasteiger partial charge in [-0.05, 0) is 42.2 Å². The molecule has 2 aromatic carbocycles. The molecule has 1 aliphatic heterocycles. The van der Waals surface area contributed by atoms with Gasteiger partial charge in [0.15, 0.2) is 0 Å². The van der Waals surface area contributed by atoms with Crippen LogP contribution in [0, 0.1) is 0 Å². The van der Waals surface area contributed by atoms with E-state index in [0.29, 0.717) is 0 Å². The summed E-state index contributed by atoms with van der Waals surface area (Å²) in [7, 11) is 0. The van der Waals surface area contributed by atoms with Gasteiger partial charge in [0, 0.05) is 19.5 Å². The lowest BCUT2D eigenvalue weighted by molar-refractivity contribution is 0.138. The second kappa shape index (κ2) is 6.11. The van der Waals surface area contributed by atoms with Crippen molar-refractivity contribution in [2.45, 2.75) is 45.6 Å². The molecule has 2 N–H and O–H groups in total. The van der Waals surface area contributed by atoms with Crippen molar-refractivity contribution in [3.05, 3.63) is 64.7 Å². The van der Waals surface area contributed by atoms with Crippen LogP contribution in [-0.2, 0) is 26.1 Å². The summed E-state index contributed by atoms with van der Waals surface area (Å²) in [6.07, 6.45) is 0.962. The van der Waals surface area contributed by atoms with Crippen molar-refractivity contribution in [1.29, 1.82) is 0 Å². The minimum absolute atomic E-state index is 0.0864. The SMILES string of the molecule is CC1(C)Cc2cc(CNCc3ccccc3CO)ccc2O1. The third kappa shape index (κ3) is 3.32. The van der Waals surface area contributed by atoms with Gasteiger partial charge in [-0.15, -0.1) is 0 Å². The summed E-state index contributed by atoms with van der Waals surface area (Å²) < 4.78 is 5.91. The molecule has 0 fully saturated rings. The van der Waals surface area contributed by atoms with Crippen molar-refractivity contribution < 1.29 is 9.84 Å². The predicted molar refractivity (Wildman–Crippen MR) is 87.8 cm³/mol. The molecule has 0 radical (unpaired) electrons. The number of aliphatic hydroxyl groups is 1. The average Bonchev–Trinajstić information content (AvgIpc) is 2.81. The summed E-state index contributed by atoms with van der Waals surface area (Å²) in [5.74, 6) is 1.01. The normalized spacial score (nSPS) is 15.4. The second-order valence-electron chi connectivity index (χ2n) is 6.51. The number of fused-ring (bicyclic) bond motifs is 1. The quantitative estimate of drug-likeness (QED) is 0.890. The Morgan fingerprint density at radius 2 is 1.86 bits per heavy atom. The molecule has 0 aliphatic carbocycles. The number of benzene rings is 2. The fraction of sp³-hybridized carbons (Fsp3) is 0.368. The van der Waals surface area contributed by atoms with Gasteiger partial charge in [-0.3, -0.25) is 0 Å². The molecular formula is C19H23NO2. The first-order valence-corrected chi connectivity index (χ1v) is 7.76. The Morgan fingerprint density at radius 3 is 2.64 bits per heavy atom. The van der Waals surface area contributed by atoms with Crippen LogP contribution in [0.2, 0.25) is 0 Å². The van der Waals surface area contributed by atoms with Crippen LogP contribution < -0.4 is 10.1 Å². The van der Waals surface area contributed by atoms with E-state index in [1.54, 1.807) is 0 Å². The van der Waals surface area contributed by atoms with E-state index in [1.165, 1.54) is 11.1 Å². The van der Waals surface area contributed by atoms with Gasteiger partial charge in [0.2, 0.25) is 0 Å². The zero-order chi connectivity index (χ0) is 15.6. The van der Waals surface area contributed by atoms with Gasteiger partial charge < -0.3 is 15.2 Å². The first-order valence-electron chi connectivity index (χ1n) is 7.76. The van der Waals surface area contributed by atoms with Gasteiger partial charge in [0.05, 0.1) is 6.61 Å². The van der Waals surface area contributed by atoms with Crippen LogP contribution in [0.5, 0.6) is 5.75 Å². The van der Waals surface area contributed by atoms with Crippen molar-refractivity contribution in [2.75, 3.05) is 0 Å². The first kappa shape index (κ1) is 15.1. The molecule has 0 saturated carbocycles. The van der Waals surface area contributed by atoms with Gasteiger partial charge in [-0.25, -0.2) is 0 Å². The molecule has 1 aliphatic rings. The van der Waals surface area contributed by atoms with E-state index in [9.17, 15) is 5.11 Å². The molecule has 0 bridgehead atoms. The van der Waals surface area contributed by atoms with Gasteiger partial charge in [0.1, 0.15) is 11.4 Å². The zero-order valence-corrected chi connectivity index (χ0v) is 13.2. The Morgan fingerprint density at radius 1 is 1.09 bits per heavy atom. The van der Waals surface area contributed by atoms with Crippen LogP contribution in [0.15, 0.2) is 42.5 Å². The minimum Gasteiger partial charge on any atom is -0.487 e. The highest BCUT2D eigenvalue weighted by atomic mass is 16.5. The lowest BCUT2D eigenvalue weighted by Gasteiger charge is -2.16. The van der Waals surface area contributed by atoms with E-state index < -0.39 is 0 Å². The van der Waals surface area contributed by atoms with Crippen molar-refractivity contribution in [2.24, 2.45) is 0 Å². The number of hydrogen-bond acceptors (Lipinski definition) is 3. The topological polar surface area (TPSA) is 41.5 Å². The van der Waals surface area contributed by atoms with Gasteiger partial charge >= 0.3 is 0 Å². The monoisotopic (exact) mass is 297 g/mol. The molecule has 3 heteroatoms. The second-order valence-corrected chi connectivity index (χ2v) is 6.51. The van der Waals surface area contributed by atoms with Crippen molar-refractivity contribution in [1.82, 2.24) is 5.32 Å². The minimum atomic E-state index is -0.0888. The van der Waals surface area contributed by atoms with E-state index in [-0.39, 0.29) is 12.2 Å². The van der Waals surface area contributed by atoms with Crippen molar-refractivity contribution in [3.63, 3.8) is 0 Å². The fourth-order valence-electron chi connectivity index (χ4n) is 3.00. The number of hydrogen-bond donors (Lipinski definition) is 2. The molecule has 0 spiro atoms. The third-order valence-electron chi connectivity index (χ3n) is 4.06. The lowest BCUT2D eigenvalue weighted by atomic mass is 10.0. The van der Waals surface area contributed by atoms with Crippen LogP contribution in [0.1, 0.15) is 36.1 Å². The summed E-state index contributed by atoms with van der Waals surface area (Å²) in [4.78, 5) is 0. The number of aliphatic hydroxyl groups excluding tert-OH is 1. The molecule has 0 atom stereocenters. The third-order valence-corrected chi connectivity index (χ3v) is 4.06. The highest BCUT2D eigenvalue weighted by molar-refractivity contribution is 5.41. The number of ether oxygens (including phenoxy) is 1. The molecule has 3 rings (SSSR count). The van der Waals surface area contributed by atoms with E-state index in [4.69, 9.17) is 4.74 Å². The highest BCUT2D eigenvalue weighted by Crippen LogP contribution is 2.35. The van der Waals surface area contributed by atoms with Gasteiger partial charge in [-0.2, -0.15) is 0 Å². The van der Waals surface area contributed by atoms with E-state index >= 15 is 0 Å². The van der Waals surface area contributed by atoms with Crippen molar-refractivity contribution in [3.8, 4) is 5.75 Å². The molecule has 0 unspecified atom stereocenters. The number of nitrogens with one attached hydrogen (secondary N) is 1. The standard InChI is InChI=1S/C19H23NO2/c1-19(2)10-17-9-14(7-8-18(17)22-19)11-20-12-15-5-3-4-6-16(15)13-21/h3-9,20-21H,10-13H2,1-2H3. The van der Waals surface area contributed by atoms with E-state index in [1.807, 2.05) is 18.2 Å². The van der Waals surface area contributed by atoms with E-state index in [0.717, 1.165) is 36.4 Å². The van der Waals surface area contributed by atoms with Gasteiger partial charge in [-0.1, -0.05) is 36.4 Å². The number of rotatable bonds is 5. The van der Waals surface area contributed by atoms with Crippen molar-refractivity contribution >= 4 is 0 Å². The summed E-state index contributed by atoms with van der Waals surface area (Å²) in [5, 5.41) is 12.8. The highest BCUT2D eigenvalue weighted by Gasteiger charge is 2.29. The molecule has 116 valence electrons. The van der Waals surface area contributed by atoms with E-state index in [2.05, 4.69) is 43.4 Å². The molecule has 1 heterocycles. The average molecular weight is 297 g/mol. The lowest BCUT2D eigenvalue weighted by Crippen LogP contribution is -2.24. The maximum atomic E-state index is 9.35. The van der Waals surface area contributed by atoms with Crippen LogP contribution in [0.25, 0.3) is 0 Å². The molecule has 3 nitrogen and oxygen atoms in total. The molecule has 0 amide bonds. The molecule has 0 saturated heterocycles. The van der Waals surface area contributed by atoms with Crippen LogP contribution in [0.3, 0.4) is 0 Å². The largest absolute Gasteiger partial charge is 0.487 e. The first-order chi connectivity index (χ1) is 10.6. The predicted octanol–water partition coefficient (Wildman–Crippen LogP) is 3.18. The maximum absolute atomic E-state index is 9.35. The summed E-state index contributed by atoms with van der Waals surface area (Å²) >= 11 is 0. The summed E-state index contributed by atoms with van der Waals surface area (Å²) in [6, 6.07) is 14.4. The van der Waals surface area contributed by atoms with Crippen LogP contribution >= 0.6 is 0 Å². The van der Waals surface area contributed by atoms with Crippen LogP contribution in [-0.4, -0.2) is 10.7 Å².